The topological polar surface area (TPSA) is 68.3 Å². The zero-order valence-corrected chi connectivity index (χ0v) is 13.4. The molecular weight excluding hydrogens is 324 g/mol. The summed E-state index contributed by atoms with van der Waals surface area (Å²) in [4.78, 5) is 28.0. The van der Waals surface area contributed by atoms with Crippen LogP contribution in [0.2, 0.25) is 0 Å². The number of amides is 1. The van der Waals surface area contributed by atoms with Crippen LogP contribution < -0.4 is 5.32 Å². The van der Waals surface area contributed by atoms with Crippen LogP contribution in [0.5, 0.6) is 0 Å². The average molecular weight is 343 g/mol. The lowest BCUT2D eigenvalue weighted by Gasteiger charge is -2.24. The molecule has 0 aliphatic heterocycles. The van der Waals surface area contributed by atoms with Crippen LogP contribution in [0.25, 0.3) is 0 Å². The minimum absolute atomic E-state index is 0.0482. The smallest absolute Gasteiger partial charge is 0.328 e. The molecule has 1 aromatic rings. The summed E-state index contributed by atoms with van der Waals surface area (Å²) in [5.74, 6) is -0.689. The van der Waals surface area contributed by atoms with Crippen molar-refractivity contribution in [1.29, 1.82) is 0 Å². The van der Waals surface area contributed by atoms with Gasteiger partial charge in [-0.1, -0.05) is 26.7 Å². The van der Waals surface area contributed by atoms with Gasteiger partial charge in [0.25, 0.3) is 5.91 Å². The summed E-state index contributed by atoms with van der Waals surface area (Å²) in [5, 5.41) is 2.76. The number of ether oxygens (including phenoxy) is 1. The minimum atomic E-state index is -0.637. The lowest BCUT2D eigenvalue weighted by atomic mass is 9.94. The summed E-state index contributed by atoms with van der Waals surface area (Å²) in [7, 11) is 1.33. The third-order valence-electron chi connectivity index (χ3n) is 3.28. The number of carbonyl (C=O) groups excluding carboxylic acids is 2. The molecule has 1 rings (SSSR count). The number of methoxy groups -OCH3 is 1. The Labute approximate surface area is 127 Å². The monoisotopic (exact) mass is 342 g/mol. The Bertz CT molecular complexity index is 475. The summed E-state index contributed by atoms with van der Waals surface area (Å²) in [6.45, 7) is 3.97. The third kappa shape index (κ3) is 4.03. The van der Waals surface area contributed by atoms with E-state index in [1.54, 1.807) is 12.3 Å². The van der Waals surface area contributed by atoms with E-state index in [0.29, 0.717) is 10.0 Å². The van der Waals surface area contributed by atoms with Crippen LogP contribution >= 0.6 is 15.9 Å². The van der Waals surface area contributed by atoms with Crippen LogP contribution in [0, 0.1) is 5.92 Å². The zero-order valence-electron chi connectivity index (χ0n) is 11.9. The van der Waals surface area contributed by atoms with E-state index in [1.165, 1.54) is 13.3 Å². The van der Waals surface area contributed by atoms with Crippen LogP contribution in [0.1, 0.15) is 37.0 Å². The van der Waals surface area contributed by atoms with Crippen molar-refractivity contribution >= 4 is 27.8 Å². The Morgan fingerprint density at radius 2 is 2.05 bits per heavy atom. The number of pyridine rings is 1. The van der Waals surface area contributed by atoms with E-state index in [4.69, 9.17) is 4.74 Å². The highest BCUT2D eigenvalue weighted by molar-refractivity contribution is 9.10. The predicted molar refractivity (Wildman–Crippen MR) is 79.3 cm³/mol. The summed E-state index contributed by atoms with van der Waals surface area (Å²) in [6, 6.07) is 0.961. The molecule has 0 bridgehead atoms. The van der Waals surface area contributed by atoms with E-state index in [1.807, 2.05) is 13.8 Å². The van der Waals surface area contributed by atoms with Crippen LogP contribution in [-0.4, -0.2) is 30.0 Å². The van der Waals surface area contributed by atoms with Crippen molar-refractivity contribution in [2.24, 2.45) is 5.92 Å². The molecule has 0 aliphatic carbocycles. The average Bonchev–Trinajstić information content (AvgIpc) is 2.46. The Kier molecular flexibility index (Phi) is 6.64. The first-order valence-electron chi connectivity index (χ1n) is 6.53. The second-order valence-electron chi connectivity index (χ2n) is 4.41. The first-order valence-corrected chi connectivity index (χ1v) is 7.32. The van der Waals surface area contributed by atoms with E-state index in [2.05, 4.69) is 26.2 Å². The minimum Gasteiger partial charge on any atom is -0.467 e. The van der Waals surface area contributed by atoms with Crippen molar-refractivity contribution in [3.8, 4) is 0 Å². The molecule has 6 heteroatoms. The lowest BCUT2D eigenvalue weighted by Crippen LogP contribution is -2.46. The molecule has 1 amide bonds. The fourth-order valence-electron chi connectivity index (χ4n) is 2.03. The molecule has 1 heterocycles. The number of hydrogen-bond acceptors (Lipinski definition) is 4. The first-order chi connectivity index (χ1) is 9.54. The highest BCUT2D eigenvalue weighted by atomic mass is 79.9. The zero-order chi connectivity index (χ0) is 15.1. The molecule has 0 radical (unpaired) electrons. The second-order valence-corrected chi connectivity index (χ2v) is 5.26. The van der Waals surface area contributed by atoms with E-state index >= 15 is 0 Å². The molecule has 0 saturated heterocycles. The quantitative estimate of drug-likeness (QED) is 0.806. The predicted octanol–water partition coefficient (Wildman–Crippen LogP) is 2.55. The number of nitrogens with one attached hydrogen (secondary N) is 1. The van der Waals surface area contributed by atoms with Gasteiger partial charge in [0.05, 0.1) is 12.7 Å². The molecular formula is C14H19BrN2O3. The third-order valence-corrected chi connectivity index (χ3v) is 3.91. The standard InChI is InChI=1S/C14H19BrN2O3/c1-4-9(5-2)12(14(19)20-3)17-13(18)10-6-7-16-8-11(10)15/h6-9,12H,4-5H2,1-3H3,(H,17,18)/t12-/m1/s1. The number of aromatic nitrogens is 1. The van der Waals surface area contributed by atoms with Crippen LogP contribution in [0.4, 0.5) is 0 Å². The van der Waals surface area contributed by atoms with Gasteiger partial charge in [0, 0.05) is 16.9 Å². The molecule has 5 nitrogen and oxygen atoms in total. The molecule has 0 fully saturated rings. The van der Waals surface area contributed by atoms with Crippen molar-refractivity contribution < 1.29 is 14.3 Å². The van der Waals surface area contributed by atoms with Gasteiger partial charge in [0.2, 0.25) is 0 Å². The molecule has 0 saturated carbocycles. The van der Waals surface area contributed by atoms with Gasteiger partial charge in [0.1, 0.15) is 6.04 Å². The van der Waals surface area contributed by atoms with Gasteiger partial charge in [-0.3, -0.25) is 9.78 Å². The largest absolute Gasteiger partial charge is 0.467 e. The summed E-state index contributed by atoms with van der Waals surface area (Å²) >= 11 is 3.27. The number of rotatable bonds is 6. The Morgan fingerprint density at radius 3 is 2.55 bits per heavy atom. The Balaban J connectivity index is 2.92. The number of carbonyl (C=O) groups is 2. The molecule has 0 aliphatic rings. The molecule has 0 spiro atoms. The van der Waals surface area contributed by atoms with Crippen LogP contribution in [-0.2, 0) is 9.53 Å². The number of esters is 1. The van der Waals surface area contributed by atoms with Crippen molar-refractivity contribution in [2.45, 2.75) is 32.7 Å². The number of nitrogens with zero attached hydrogens (tertiary/aromatic N) is 1. The van der Waals surface area contributed by atoms with Crippen LogP contribution in [0.15, 0.2) is 22.9 Å². The fourth-order valence-corrected chi connectivity index (χ4v) is 2.47. The van der Waals surface area contributed by atoms with Crippen molar-refractivity contribution in [3.63, 3.8) is 0 Å². The Morgan fingerprint density at radius 1 is 1.40 bits per heavy atom. The van der Waals surface area contributed by atoms with Crippen molar-refractivity contribution in [1.82, 2.24) is 10.3 Å². The van der Waals surface area contributed by atoms with Gasteiger partial charge in [-0.05, 0) is 27.9 Å². The second kappa shape index (κ2) is 7.99. The van der Waals surface area contributed by atoms with Crippen molar-refractivity contribution in [3.05, 3.63) is 28.5 Å². The Hall–Kier alpha value is -1.43. The molecule has 1 atom stereocenters. The summed E-state index contributed by atoms with van der Waals surface area (Å²) in [5.41, 5.74) is 0.444. The highest BCUT2D eigenvalue weighted by Crippen LogP contribution is 2.18. The highest BCUT2D eigenvalue weighted by Gasteiger charge is 2.29. The van der Waals surface area contributed by atoms with Crippen molar-refractivity contribution in [2.75, 3.05) is 7.11 Å². The summed E-state index contributed by atoms with van der Waals surface area (Å²) < 4.78 is 5.37. The van der Waals surface area contributed by atoms with Gasteiger partial charge in [-0.15, -0.1) is 0 Å². The van der Waals surface area contributed by atoms with E-state index in [9.17, 15) is 9.59 Å². The van der Waals surface area contributed by atoms with Gasteiger partial charge < -0.3 is 10.1 Å². The maximum Gasteiger partial charge on any atom is 0.328 e. The molecule has 0 aromatic carbocycles. The maximum atomic E-state index is 12.3. The molecule has 1 N–H and O–H groups in total. The van der Waals surface area contributed by atoms with Crippen LogP contribution in [0.3, 0.4) is 0 Å². The normalized spacial score (nSPS) is 12.1. The van der Waals surface area contributed by atoms with E-state index in [-0.39, 0.29) is 11.8 Å². The molecule has 110 valence electrons. The van der Waals surface area contributed by atoms with Gasteiger partial charge in [-0.2, -0.15) is 0 Å². The van der Waals surface area contributed by atoms with Gasteiger partial charge in [-0.25, -0.2) is 4.79 Å². The molecule has 0 unspecified atom stereocenters. The summed E-state index contributed by atoms with van der Waals surface area (Å²) in [6.07, 6.45) is 4.64. The fraction of sp³-hybridized carbons (Fsp3) is 0.500. The number of hydrogen-bond donors (Lipinski definition) is 1. The van der Waals surface area contributed by atoms with Gasteiger partial charge in [0.15, 0.2) is 0 Å². The van der Waals surface area contributed by atoms with Gasteiger partial charge >= 0.3 is 5.97 Å². The maximum absolute atomic E-state index is 12.3. The lowest BCUT2D eigenvalue weighted by molar-refractivity contribution is -0.144. The van der Waals surface area contributed by atoms with E-state index < -0.39 is 12.0 Å². The molecule has 1 aromatic heterocycles. The van der Waals surface area contributed by atoms with E-state index in [0.717, 1.165) is 12.8 Å². The number of halogens is 1. The first kappa shape index (κ1) is 16.6. The SMILES string of the molecule is CCC(CC)[C@@H](NC(=O)c1ccncc1Br)C(=O)OC. The molecule has 20 heavy (non-hydrogen) atoms.